The molecule has 18 heavy (non-hydrogen) atoms. The fourth-order valence-electron chi connectivity index (χ4n) is 2.77. The van der Waals surface area contributed by atoms with E-state index in [-0.39, 0.29) is 18.6 Å². The molecule has 4 nitrogen and oxygen atoms in total. The van der Waals surface area contributed by atoms with Crippen molar-refractivity contribution in [3.8, 4) is 0 Å². The first-order chi connectivity index (χ1) is 8.70. The van der Waals surface area contributed by atoms with Gasteiger partial charge in [-0.15, -0.1) is 0 Å². The normalized spacial score (nSPS) is 29.9. The number of hydrogen-bond donors (Lipinski definition) is 3. The molecule has 1 amide bonds. The van der Waals surface area contributed by atoms with Crippen LogP contribution in [0.15, 0.2) is 0 Å². The number of amides is 1. The van der Waals surface area contributed by atoms with E-state index in [1.54, 1.807) is 0 Å². The molecule has 104 valence electrons. The first-order valence-corrected chi connectivity index (χ1v) is 7.35. The fraction of sp³-hybridized carbons (Fsp3) is 0.929. The highest BCUT2D eigenvalue weighted by Gasteiger charge is 2.27. The average molecular weight is 254 g/mol. The van der Waals surface area contributed by atoms with Gasteiger partial charge in [0.15, 0.2) is 0 Å². The SMILES string of the molecule is CC(NCC1CCCCC1CO)C(=O)NC1CC1. The summed E-state index contributed by atoms with van der Waals surface area (Å²) in [4.78, 5) is 11.8. The Kier molecular flexibility index (Phi) is 5.01. The summed E-state index contributed by atoms with van der Waals surface area (Å²) in [5.74, 6) is 1.07. The van der Waals surface area contributed by atoms with E-state index in [4.69, 9.17) is 0 Å². The van der Waals surface area contributed by atoms with Crippen LogP contribution >= 0.6 is 0 Å². The van der Waals surface area contributed by atoms with Crippen molar-refractivity contribution >= 4 is 5.91 Å². The van der Waals surface area contributed by atoms with Crippen molar-refractivity contribution in [2.75, 3.05) is 13.2 Å². The third kappa shape index (κ3) is 3.95. The zero-order chi connectivity index (χ0) is 13.0. The minimum absolute atomic E-state index is 0.119. The second-order valence-corrected chi connectivity index (χ2v) is 5.90. The molecule has 2 rings (SSSR count). The molecule has 3 unspecified atom stereocenters. The van der Waals surface area contributed by atoms with E-state index in [9.17, 15) is 9.90 Å². The van der Waals surface area contributed by atoms with Gasteiger partial charge in [-0.2, -0.15) is 0 Å². The molecule has 0 aliphatic heterocycles. The molecule has 0 bridgehead atoms. The molecule has 3 N–H and O–H groups in total. The van der Waals surface area contributed by atoms with Gasteiger partial charge < -0.3 is 15.7 Å². The van der Waals surface area contributed by atoms with Crippen LogP contribution in [0.5, 0.6) is 0 Å². The van der Waals surface area contributed by atoms with Crippen LogP contribution in [-0.4, -0.2) is 36.2 Å². The molecule has 0 radical (unpaired) electrons. The van der Waals surface area contributed by atoms with Crippen LogP contribution in [0.25, 0.3) is 0 Å². The number of carbonyl (C=O) groups excluding carboxylic acids is 1. The Morgan fingerprint density at radius 2 is 1.89 bits per heavy atom. The summed E-state index contributed by atoms with van der Waals surface area (Å²) in [5, 5.41) is 15.7. The Hall–Kier alpha value is -0.610. The Morgan fingerprint density at radius 3 is 2.50 bits per heavy atom. The van der Waals surface area contributed by atoms with Gasteiger partial charge in [0.1, 0.15) is 0 Å². The summed E-state index contributed by atoms with van der Waals surface area (Å²) in [6.45, 7) is 3.06. The largest absolute Gasteiger partial charge is 0.396 e. The molecule has 0 spiro atoms. The maximum atomic E-state index is 11.8. The van der Waals surface area contributed by atoms with Gasteiger partial charge in [-0.25, -0.2) is 0 Å². The third-order valence-corrected chi connectivity index (χ3v) is 4.30. The van der Waals surface area contributed by atoms with E-state index in [1.807, 2.05) is 6.92 Å². The smallest absolute Gasteiger partial charge is 0.237 e. The molecule has 0 aromatic rings. The number of rotatable bonds is 6. The maximum absolute atomic E-state index is 11.8. The van der Waals surface area contributed by atoms with E-state index in [0.29, 0.717) is 17.9 Å². The van der Waals surface area contributed by atoms with Crippen molar-refractivity contribution in [2.24, 2.45) is 11.8 Å². The number of hydrogen-bond acceptors (Lipinski definition) is 3. The highest BCUT2D eigenvalue weighted by Crippen LogP contribution is 2.29. The lowest BCUT2D eigenvalue weighted by atomic mass is 9.79. The van der Waals surface area contributed by atoms with Crippen molar-refractivity contribution in [3.63, 3.8) is 0 Å². The van der Waals surface area contributed by atoms with E-state index < -0.39 is 0 Å². The standard InChI is InChI=1S/C14H26N2O2/c1-10(14(18)16-13-6-7-13)15-8-11-4-2-3-5-12(11)9-17/h10-13,15,17H,2-9H2,1H3,(H,16,18). The lowest BCUT2D eigenvalue weighted by Crippen LogP contribution is -2.45. The monoisotopic (exact) mass is 254 g/mol. The molecular weight excluding hydrogens is 228 g/mol. The lowest BCUT2D eigenvalue weighted by Gasteiger charge is -2.31. The molecule has 0 heterocycles. The Morgan fingerprint density at radius 1 is 1.22 bits per heavy atom. The van der Waals surface area contributed by atoms with E-state index >= 15 is 0 Å². The van der Waals surface area contributed by atoms with Crippen LogP contribution in [0.4, 0.5) is 0 Å². The van der Waals surface area contributed by atoms with Crippen molar-refractivity contribution in [3.05, 3.63) is 0 Å². The topological polar surface area (TPSA) is 61.4 Å². The van der Waals surface area contributed by atoms with Crippen molar-refractivity contribution in [2.45, 2.75) is 57.5 Å². The van der Waals surface area contributed by atoms with Gasteiger partial charge in [-0.1, -0.05) is 12.8 Å². The van der Waals surface area contributed by atoms with Crippen molar-refractivity contribution < 1.29 is 9.90 Å². The van der Waals surface area contributed by atoms with Crippen molar-refractivity contribution in [1.29, 1.82) is 0 Å². The first kappa shape index (κ1) is 13.8. The van der Waals surface area contributed by atoms with Crippen molar-refractivity contribution in [1.82, 2.24) is 10.6 Å². The molecule has 0 aromatic carbocycles. The van der Waals surface area contributed by atoms with E-state index in [0.717, 1.165) is 25.8 Å². The zero-order valence-corrected chi connectivity index (χ0v) is 11.3. The third-order valence-electron chi connectivity index (χ3n) is 4.30. The van der Waals surface area contributed by atoms with Gasteiger partial charge in [0, 0.05) is 12.6 Å². The highest BCUT2D eigenvalue weighted by atomic mass is 16.3. The quantitative estimate of drug-likeness (QED) is 0.664. The highest BCUT2D eigenvalue weighted by molar-refractivity contribution is 5.81. The molecule has 3 atom stereocenters. The fourth-order valence-corrected chi connectivity index (χ4v) is 2.77. The summed E-state index contributed by atoms with van der Waals surface area (Å²) in [7, 11) is 0. The summed E-state index contributed by atoms with van der Waals surface area (Å²) in [6, 6.07) is 0.313. The van der Waals surface area contributed by atoms with Crippen LogP contribution in [0.1, 0.15) is 45.4 Å². The van der Waals surface area contributed by atoms with E-state index in [2.05, 4.69) is 10.6 Å². The number of nitrogens with one attached hydrogen (secondary N) is 2. The Balaban J connectivity index is 1.69. The van der Waals surface area contributed by atoms with Gasteiger partial charge in [0.05, 0.1) is 6.04 Å². The number of aliphatic hydroxyl groups excluding tert-OH is 1. The molecule has 2 saturated carbocycles. The number of carbonyl (C=O) groups is 1. The lowest BCUT2D eigenvalue weighted by molar-refractivity contribution is -0.123. The van der Waals surface area contributed by atoms with Crippen LogP contribution in [-0.2, 0) is 4.79 Å². The summed E-state index contributed by atoms with van der Waals surface area (Å²) >= 11 is 0. The molecule has 2 fully saturated rings. The van der Waals surface area contributed by atoms with Gasteiger partial charge in [-0.3, -0.25) is 4.79 Å². The second-order valence-electron chi connectivity index (χ2n) is 5.90. The van der Waals surface area contributed by atoms with Gasteiger partial charge in [-0.05, 0) is 51.0 Å². The molecule has 4 heteroatoms. The predicted octanol–water partition coefficient (Wildman–Crippen LogP) is 1.04. The average Bonchev–Trinajstić information content (AvgIpc) is 3.20. The molecule has 2 aliphatic carbocycles. The molecule has 2 aliphatic rings. The first-order valence-electron chi connectivity index (χ1n) is 7.35. The molecular formula is C14H26N2O2. The van der Waals surface area contributed by atoms with Gasteiger partial charge in [0.25, 0.3) is 0 Å². The van der Waals surface area contributed by atoms with E-state index in [1.165, 1.54) is 19.3 Å². The Labute approximate surface area is 110 Å². The van der Waals surface area contributed by atoms with Crippen LogP contribution in [0, 0.1) is 11.8 Å². The van der Waals surface area contributed by atoms with Gasteiger partial charge >= 0.3 is 0 Å². The summed E-state index contributed by atoms with van der Waals surface area (Å²) in [6.07, 6.45) is 7.06. The maximum Gasteiger partial charge on any atom is 0.237 e. The molecule has 0 aromatic heterocycles. The predicted molar refractivity (Wildman–Crippen MR) is 71.2 cm³/mol. The molecule has 0 saturated heterocycles. The number of aliphatic hydroxyl groups is 1. The summed E-state index contributed by atoms with van der Waals surface area (Å²) in [5.41, 5.74) is 0. The zero-order valence-electron chi connectivity index (χ0n) is 11.3. The van der Waals surface area contributed by atoms with Gasteiger partial charge in [0.2, 0.25) is 5.91 Å². The van der Waals surface area contributed by atoms with Crippen LogP contribution in [0.3, 0.4) is 0 Å². The minimum Gasteiger partial charge on any atom is -0.396 e. The van der Waals surface area contributed by atoms with Crippen LogP contribution < -0.4 is 10.6 Å². The summed E-state index contributed by atoms with van der Waals surface area (Å²) < 4.78 is 0. The minimum atomic E-state index is -0.119. The van der Waals surface area contributed by atoms with Crippen LogP contribution in [0.2, 0.25) is 0 Å². The Bertz CT molecular complexity index is 279. The second kappa shape index (κ2) is 6.53.